The third kappa shape index (κ3) is 3.07. The average Bonchev–Trinajstić information content (AvgIpc) is 3.23. The molecule has 1 aliphatic rings. The summed E-state index contributed by atoms with van der Waals surface area (Å²) < 4.78 is 5.52. The van der Waals surface area contributed by atoms with Crippen molar-refractivity contribution in [2.24, 2.45) is 0 Å². The molecule has 5 heteroatoms. The van der Waals surface area contributed by atoms with E-state index in [9.17, 15) is 0 Å². The summed E-state index contributed by atoms with van der Waals surface area (Å²) in [6, 6.07) is 12.6. The molecule has 3 aromatic rings. The zero-order chi connectivity index (χ0) is 15.6. The fourth-order valence-electron chi connectivity index (χ4n) is 3.04. The Morgan fingerprint density at radius 2 is 2.13 bits per heavy atom. The number of rotatable bonds is 4. The van der Waals surface area contributed by atoms with Gasteiger partial charge in [-0.15, -0.1) is 11.3 Å². The second kappa shape index (κ2) is 6.26. The van der Waals surface area contributed by atoms with Gasteiger partial charge in [-0.1, -0.05) is 35.5 Å². The lowest BCUT2D eigenvalue weighted by Gasteiger charge is -2.30. The molecule has 1 aliphatic heterocycles. The predicted molar refractivity (Wildman–Crippen MR) is 90.4 cm³/mol. The molecule has 0 saturated carbocycles. The van der Waals surface area contributed by atoms with Crippen LogP contribution in [0.15, 0.2) is 46.3 Å². The molecule has 0 saturated heterocycles. The van der Waals surface area contributed by atoms with Gasteiger partial charge in [-0.3, -0.25) is 4.90 Å². The van der Waals surface area contributed by atoms with Crippen molar-refractivity contribution in [3.05, 3.63) is 69.5 Å². The number of nitrogens with zero attached hydrogens (tertiary/aromatic N) is 3. The SMILES string of the molecule is CC(c1nc(Cc2ccccc2)no1)N1CCc2sccc2C1. The van der Waals surface area contributed by atoms with Gasteiger partial charge < -0.3 is 4.52 Å². The second-order valence-electron chi connectivity index (χ2n) is 5.98. The van der Waals surface area contributed by atoms with Crippen molar-refractivity contribution in [3.63, 3.8) is 0 Å². The minimum absolute atomic E-state index is 0.153. The molecule has 0 aliphatic carbocycles. The topological polar surface area (TPSA) is 42.2 Å². The summed E-state index contributed by atoms with van der Waals surface area (Å²) in [7, 11) is 0. The Balaban J connectivity index is 1.46. The van der Waals surface area contributed by atoms with Crippen LogP contribution in [0.1, 0.15) is 40.7 Å². The summed E-state index contributed by atoms with van der Waals surface area (Å²) in [6.45, 7) is 4.17. The van der Waals surface area contributed by atoms with E-state index >= 15 is 0 Å². The first-order chi connectivity index (χ1) is 11.3. The first-order valence-electron chi connectivity index (χ1n) is 7.95. The molecule has 4 nitrogen and oxygen atoms in total. The normalized spacial score (nSPS) is 16.2. The fraction of sp³-hybridized carbons (Fsp3) is 0.333. The van der Waals surface area contributed by atoms with Crippen LogP contribution in [-0.2, 0) is 19.4 Å². The highest BCUT2D eigenvalue weighted by Crippen LogP contribution is 2.29. The zero-order valence-electron chi connectivity index (χ0n) is 13.1. The van der Waals surface area contributed by atoms with Gasteiger partial charge in [-0.05, 0) is 35.9 Å². The summed E-state index contributed by atoms with van der Waals surface area (Å²) in [4.78, 5) is 8.54. The van der Waals surface area contributed by atoms with Gasteiger partial charge in [0.25, 0.3) is 0 Å². The van der Waals surface area contributed by atoms with Crippen molar-refractivity contribution < 1.29 is 4.52 Å². The molecular weight excluding hydrogens is 306 g/mol. The molecule has 1 unspecified atom stereocenters. The molecule has 118 valence electrons. The average molecular weight is 325 g/mol. The van der Waals surface area contributed by atoms with Gasteiger partial charge in [0.2, 0.25) is 5.89 Å². The molecule has 4 rings (SSSR count). The largest absolute Gasteiger partial charge is 0.338 e. The van der Waals surface area contributed by atoms with Crippen LogP contribution in [0.4, 0.5) is 0 Å². The smallest absolute Gasteiger partial charge is 0.243 e. The lowest BCUT2D eigenvalue weighted by Crippen LogP contribution is -2.32. The summed E-state index contributed by atoms with van der Waals surface area (Å²) >= 11 is 1.86. The molecule has 0 N–H and O–H groups in total. The highest BCUT2D eigenvalue weighted by Gasteiger charge is 2.26. The first kappa shape index (κ1) is 14.6. The standard InChI is InChI=1S/C18H19N3OS/c1-13(21-9-7-16-15(12-21)8-10-23-16)18-19-17(20-22-18)11-14-5-3-2-4-6-14/h2-6,8,10,13H,7,9,11-12H2,1H3. The van der Waals surface area contributed by atoms with Gasteiger partial charge in [0.1, 0.15) is 0 Å². The van der Waals surface area contributed by atoms with Crippen molar-refractivity contribution in [1.29, 1.82) is 0 Å². The Bertz CT molecular complexity index is 780. The minimum Gasteiger partial charge on any atom is -0.338 e. The first-order valence-corrected chi connectivity index (χ1v) is 8.83. The summed E-state index contributed by atoms with van der Waals surface area (Å²) in [5.74, 6) is 1.47. The van der Waals surface area contributed by atoms with Gasteiger partial charge in [-0.2, -0.15) is 4.98 Å². The molecular formula is C18H19N3OS. The van der Waals surface area contributed by atoms with Crippen molar-refractivity contribution >= 4 is 11.3 Å². The second-order valence-corrected chi connectivity index (χ2v) is 6.98. The Kier molecular flexibility index (Phi) is 3.97. The van der Waals surface area contributed by atoms with Crippen LogP contribution in [0.3, 0.4) is 0 Å². The molecule has 0 fully saturated rings. The molecule has 0 bridgehead atoms. The highest BCUT2D eigenvalue weighted by molar-refractivity contribution is 7.10. The number of thiophene rings is 1. The quantitative estimate of drug-likeness (QED) is 0.731. The summed E-state index contributed by atoms with van der Waals surface area (Å²) in [5, 5.41) is 6.33. The number of aromatic nitrogens is 2. The van der Waals surface area contributed by atoms with Crippen LogP contribution in [0.5, 0.6) is 0 Å². The minimum atomic E-state index is 0.153. The fourth-order valence-corrected chi connectivity index (χ4v) is 3.93. The molecule has 23 heavy (non-hydrogen) atoms. The van der Waals surface area contributed by atoms with Crippen molar-refractivity contribution in [2.75, 3.05) is 6.54 Å². The van der Waals surface area contributed by atoms with E-state index in [4.69, 9.17) is 4.52 Å². The van der Waals surface area contributed by atoms with Gasteiger partial charge in [0.15, 0.2) is 5.82 Å². The van der Waals surface area contributed by atoms with Crippen LogP contribution in [-0.4, -0.2) is 21.6 Å². The molecule has 3 heterocycles. The van der Waals surface area contributed by atoms with E-state index in [1.165, 1.54) is 16.0 Å². The van der Waals surface area contributed by atoms with Crippen molar-refractivity contribution in [3.8, 4) is 0 Å². The monoisotopic (exact) mass is 325 g/mol. The van der Waals surface area contributed by atoms with Crippen LogP contribution < -0.4 is 0 Å². The van der Waals surface area contributed by atoms with E-state index in [0.29, 0.717) is 6.42 Å². The Morgan fingerprint density at radius 3 is 3.00 bits per heavy atom. The molecule has 1 atom stereocenters. The summed E-state index contributed by atoms with van der Waals surface area (Å²) in [6.07, 6.45) is 1.83. The van der Waals surface area contributed by atoms with Gasteiger partial charge in [0.05, 0.1) is 6.04 Å². The molecule has 0 radical (unpaired) electrons. The van der Waals surface area contributed by atoms with Crippen LogP contribution in [0, 0.1) is 0 Å². The lowest BCUT2D eigenvalue weighted by molar-refractivity contribution is 0.159. The molecule has 2 aromatic heterocycles. The Morgan fingerprint density at radius 1 is 1.26 bits per heavy atom. The van der Waals surface area contributed by atoms with Gasteiger partial charge in [-0.25, -0.2) is 0 Å². The van der Waals surface area contributed by atoms with Gasteiger partial charge in [0, 0.05) is 24.4 Å². The van der Waals surface area contributed by atoms with E-state index in [1.54, 1.807) is 0 Å². The van der Waals surface area contributed by atoms with Gasteiger partial charge >= 0.3 is 0 Å². The van der Waals surface area contributed by atoms with E-state index in [1.807, 2.05) is 29.5 Å². The number of hydrogen-bond acceptors (Lipinski definition) is 5. The van der Waals surface area contributed by atoms with E-state index < -0.39 is 0 Å². The van der Waals surface area contributed by atoms with Crippen molar-refractivity contribution in [1.82, 2.24) is 15.0 Å². The van der Waals surface area contributed by atoms with E-state index in [-0.39, 0.29) is 6.04 Å². The molecule has 0 amide bonds. The predicted octanol–water partition coefficient (Wildman–Crippen LogP) is 3.84. The molecule has 1 aromatic carbocycles. The number of fused-ring (bicyclic) bond motifs is 1. The van der Waals surface area contributed by atoms with Crippen LogP contribution >= 0.6 is 11.3 Å². The van der Waals surface area contributed by atoms with E-state index in [2.05, 4.69) is 45.5 Å². The maximum Gasteiger partial charge on any atom is 0.243 e. The Hall–Kier alpha value is -1.98. The third-order valence-corrected chi connectivity index (χ3v) is 5.45. The third-order valence-electron chi connectivity index (χ3n) is 4.43. The Labute approximate surface area is 139 Å². The van der Waals surface area contributed by atoms with Crippen LogP contribution in [0.25, 0.3) is 0 Å². The number of benzene rings is 1. The zero-order valence-corrected chi connectivity index (χ0v) is 13.9. The lowest BCUT2D eigenvalue weighted by atomic mass is 10.1. The molecule has 0 spiro atoms. The van der Waals surface area contributed by atoms with Crippen molar-refractivity contribution in [2.45, 2.75) is 32.4 Å². The maximum atomic E-state index is 5.52. The van der Waals surface area contributed by atoms with E-state index in [0.717, 1.165) is 31.2 Å². The van der Waals surface area contributed by atoms with Crippen LogP contribution in [0.2, 0.25) is 0 Å². The maximum absolute atomic E-state index is 5.52. The number of hydrogen-bond donors (Lipinski definition) is 0. The highest BCUT2D eigenvalue weighted by atomic mass is 32.1. The summed E-state index contributed by atoms with van der Waals surface area (Å²) in [5.41, 5.74) is 2.64.